The van der Waals surface area contributed by atoms with E-state index in [-0.39, 0.29) is 35.2 Å². The Bertz CT molecular complexity index is 1380. The Morgan fingerprint density at radius 1 is 1.00 bits per heavy atom. The number of aliphatic hydroxyl groups is 1. The number of ether oxygens (including phenoxy) is 4. The third kappa shape index (κ3) is 2.54. The van der Waals surface area contributed by atoms with Crippen molar-refractivity contribution in [3.05, 3.63) is 47.2 Å². The fourth-order valence-electron chi connectivity index (χ4n) is 9.97. The summed E-state index contributed by atoms with van der Waals surface area (Å²) in [5.41, 5.74) is 2.31. The summed E-state index contributed by atoms with van der Waals surface area (Å²) in [4.78, 5) is 3.84. The minimum Gasteiger partial charge on any atom is -0.386 e. The molecule has 38 heavy (non-hydrogen) atoms. The molecule has 3 saturated heterocycles. The van der Waals surface area contributed by atoms with Crippen molar-refractivity contribution in [3.8, 4) is 0 Å². The molecule has 10 atom stereocenters. The molecule has 2 N–H and O–H groups in total. The number of benzene rings is 1. The van der Waals surface area contributed by atoms with Gasteiger partial charge in [-0.05, 0) is 83.4 Å². The second-order valence-electron chi connectivity index (χ2n) is 14.2. The SMILES string of the molecule is CC(C)=C[C@@H]1O[C@@H]2[C@H](O[C@@H]3CC[C@@]4(C)[C@](O)(CC[C@H]5Cc6c([nH]c7ccccc67)[C@]54C)[C@@]34O[C@@H]24)C(C)(C)O1. The Morgan fingerprint density at radius 3 is 2.58 bits per heavy atom. The molecule has 2 saturated carbocycles. The molecule has 2 aromatic rings. The zero-order valence-corrected chi connectivity index (χ0v) is 23.5. The lowest BCUT2D eigenvalue weighted by molar-refractivity contribution is -0.343. The van der Waals surface area contributed by atoms with E-state index in [1.165, 1.54) is 22.2 Å². The maximum Gasteiger partial charge on any atom is 0.178 e. The first-order valence-electron chi connectivity index (χ1n) is 14.6. The van der Waals surface area contributed by atoms with Gasteiger partial charge in [-0.15, -0.1) is 0 Å². The number of hydrogen-bond acceptors (Lipinski definition) is 5. The molecule has 1 aromatic heterocycles. The van der Waals surface area contributed by atoms with Crippen molar-refractivity contribution in [2.75, 3.05) is 0 Å². The number of para-hydroxylation sites is 1. The highest BCUT2D eigenvalue weighted by atomic mass is 16.8. The van der Waals surface area contributed by atoms with Gasteiger partial charge in [-0.3, -0.25) is 0 Å². The number of fused-ring (bicyclic) bond motifs is 9. The molecule has 6 aliphatic rings. The quantitative estimate of drug-likeness (QED) is 0.394. The van der Waals surface area contributed by atoms with Crippen LogP contribution in [0.4, 0.5) is 0 Å². The summed E-state index contributed by atoms with van der Waals surface area (Å²) >= 11 is 0. The van der Waals surface area contributed by atoms with Crippen LogP contribution in [0.1, 0.15) is 78.5 Å². The minimum absolute atomic E-state index is 0.165. The van der Waals surface area contributed by atoms with Crippen molar-refractivity contribution in [2.24, 2.45) is 11.3 Å². The normalized spacial score (nSPS) is 49.7. The summed E-state index contributed by atoms with van der Waals surface area (Å²) in [5.74, 6) is 0.501. The largest absolute Gasteiger partial charge is 0.386 e. The zero-order valence-electron chi connectivity index (χ0n) is 23.5. The Kier molecular flexibility index (Phi) is 4.53. The van der Waals surface area contributed by atoms with E-state index in [1.54, 1.807) is 0 Å². The first kappa shape index (κ1) is 24.1. The first-order chi connectivity index (χ1) is 18.0. The number of allylic oxidation sites excluding steroid dienone is 1. The van der Waals surface area contributed by atoms with E-state index >= 15 is 0 Å². The van der Waals surface area contributed by atoms with Gasteiger partial charge < -0.3 is 29.0 Å². The molecule has 0 bridgehead atoms. The molecule has 6 nitrogen and oxygen atoms in total. The molecule has 8 rings (SSSR count). The van der Waals surface area contributed by atoms with Crippen LogP contribution in [0.5, 0.6) is 0 Å². The maximum absolute atomic E-state index is 13.1. The number of rotatable bonds is 1. The summed E-state index contributed by atoms with van der Waals surface area (Å²) in [6.07, 6.45) is 5.25. The minimum atomic E-state index is -1.01. The fraction of sp³-hybridized carbons (Fsp3) is 0.688. The lowest BCUT2D eigenvalue weighted by Gasteiger charge is -2.66. The zero-order chi connectivity index (χ0) is 26.5. The van der Waals surface area contributed by atoms with Crippen LogP contribution in [0.25, 0.3) is 10.9 Å². The molecule has 6 heteroatoms. The molecule has 204 valence electrons. The van der Waals surface area contributed by atoms with Crippen LogP contribution in [-0.2, 0) is 30.8 Å². The highest BCUT2D eigenvalue weighted by Gasteiger charge is 2.87. The summed E-state index contributed by atoms with van der Waals surface area (Å²) in [5, 5.41) is 14.4. The number of aromatic nitrogens is 1. The summed E-state index contributed by atoms with van der Waals surface area (Å²) in [6, 6.07) is 8.67. The van der Waals surface area contributed by atoms with Crippen molar-refractivity contribution in [1.82, 2.24) is 4.98 Å². The highest BCUT2D eigenvalue weighted by molar-refractivity contribution is 5.86. The van der Waals surface area contributed by atoms with Crippen LogP contribution >= 0.6 is 0 Å². The van der Waals surface area contributed by atoms with Gasteiger partial charge >= 0.3 is 0 Å². The summed E-state index contributed by atoms with van der Waals surface area (Å²) < 4.78 is 26.5. The van der Waals surface area contributed by atoms with Gasteiger partial charge in [0.25, 0.3) is 0 Å². The number of hydrogen-bond donors (Lipinski definition) is 2. The molecule has 0 amide bonds. The highest BCUT2D eigenvalue weighted by Crippen LogP contribution is 2.75. The van der Waals surface area contributed by atoms with Crippen LogP contribution in [0, 0.1) is 11.3 Å². The van der Waals surface area contributed by atoms with Gasteiger partial charge in [0.1, 0.15) is 23.9 Å². The van der Waals surface area contributed by atoms with Gasteiger partial charge in [-0.1, -0.05) is 37.6 Å². The number of epoxide rings is 1. The maximum atomic E-state index is 13.1. The predicted molar refractivity (Wildman–Crippen MR) is 144 cm³/mol. The molecule has 3 aliphatic heterocycles. The number of nitrogens with one attached hydrogen (secondary N) is 1. The Labute approximate surface area is 225 Å². The molecule has 3 aliphatic carbocycles. The standard InChI is InChI=1S/C32H41NO5/c1-17(2)15-23-36-24-26(28(3,4)37-23)35-22-12-13-29(5)30(6)18(11-14-31(29,34)32(22)27(24)38-32)16-20-19-9-7-8-10-21(19)33-25(20)30/h7-10,15,18,22-24,26-27,33-34H,11-14,16H2,1-6H3/t18-,22+,23+,24+,26-,27-,29+,30-,31+,32+/m0/s1. The van der Waals surface area contributed by atoms with Gasteiger partial charge in [0.2, 0.25) is 0 Å². The van der Waals surface area contributed by atoms with Gasteiger partial charge in [0.15, 0.2) is 11.9 Å². The molecule has 4 heterocycles. The Hall–Kier alpha value is -1.70. The molecule has 1 spiro atoms. The van der Waals surface area contributed by atoms with Crippen molar-refractivity contribution in [2.45, 2.75) is 127 Å². The third-order valence-electron chi connectivity index (χ3n) is 12.0. The molecular formula is C32H41NO5. The lowest BCUT2D eigenvalue weighted by atomic mass is 9.40. The van der Waals surface area contributed by atoms with Crippen LogP contribution < -0.4 is 0 Å². The second kappa shape index (κ2) is 7.13. The number of H-pyrrole nitrogens is 1. The van der Waals surface area contributed by atoms with E-state index in [0.29, 0.717) is 5.92 Å². The molecule has 0 unspecified atom stereocenters. The number of aromatic amines is 1. The summed E-state index contributed by atoms with van der Waals surface area (Å²) in [6.45, 7) is 13.1. The van der Waals surface area contributed by atoms with Crippen molar-refractivity contribution in [1.29, 1.82) is 0 Å². The van der Waals surface area contributed by atoms with Gasteiger partial charge in [0.05, 0.1) is 11.7 Å². The van der Waals surface area contributed by atoms with E-state index in [0.717, 1.165) is 37.7 Å². The average molecular weight is 520 g/mol. The Morgan fingerprint density at radius 2 is 1.79 bits per heavy atom. The van der Waals surface area contributed by atoms with Crippen molar-refractivity contribution < 1.29 is 24.1 Å². The first-order valence-corrected chi connectivity index (χ1v) is 14.6. The predicted octanol–water partition coefficient (Wildman–Crippen LogP) is 5.31. The summed E-state index contributed by atoms with van der Waals surface area (Å²) in [7, 11) is 0. The smallest absolute Gasteiger partial charge is 0.178 e. The fourth-order valence-corrected chi connectivity index (χ4v) is 9.97. The second-order valence-corrected chi connectivity index (χ2v) is 14.2. The molecular weight excluding hydrogens is 478 g/mol. The van der Waals surface area contributed by atoms with E-state index in [1.807, 2.05) is 6.08 Å². The topological polar surface area (TPSA) is 76.2 Å². The Balaban J connectivity index is 1.22. The van der Waals surface area contributed by atoms with Crippen LogP contribution in [0.15, 0.2) is 35.9 Å². The van der Waals surface area contributed by atoms with E-state index in [2.05, 4.69) is 70.8 Å². The van der Waals surface area contributed by atoms with E-state index < -0.39 is 23.1 Å². The van der Waals surface area contributed by atoms with Crippen molar-refractivity contribution in [3.63, 3.8) is 0 Å². The molecule has 0 radical (unpaired) electrons. The average Bonchev–Trinajstić information content (AvgIpc) is 3.43. The lowest BCUT2D eigenvalue weighted by Crippen LogP contribution is -2.77. The van der Waals surface area contributed by atoms with Gasteiger partial charge in [0, 0.05) is 27.4 Å². The van der Waals surface area contributed by atoms with Crippen LogP contribution in [0.2, 0.25) is 0 Å². The van der Waals surface area contributed by atoms with Crippen molar-refractivity contribution >= 4 is 10.9 Å². The molecule has 1 aromatic carbocycles. The van der Waals surface area contributed by atoms with Gasteiger partial charge in [-0.2, -0.15) is 0 Å². The van der Waals surface area contributed by atoms with Crippen LogP contribution in [0.3, 0.4) is 0 Å². The third-order valence-corrected chi connectivity index (χ3v) is 12.0. The van der Waals surface area contributed by atoms with Crippen LogP contribution in [-0.4, -0.2) is 57.6 Å². The van der Waals surface area contributed by atoms with Gasteiger partial charge in [-0.25, -0.2) is 0 Å². The monoisotopic (exact) mass is 519 g/mol. The molecule has 5 fully saturated rings. The van der Waals surface area contributed by atoms with E-state index in [4.69, 9.17) is 18.9 Å². The van der Waals surface area contributed by atoms with E-state index in [9.17, 15) is 5.11 Å².